The van der Waals surface area contributed by atoms with Crippen LogP contribution >= 0.6 is 0 Å². The smallest absolute Gasteiger partial charge is 0.228 e. The number of hydrogen-bond acceptors (Lipinski definition) is 4. The molecule has 1 amide bonds. The molecule has 22 heavy (non-hydrogen) atoms. The van der Waals surface area contributed by atoms with Crippen molar-refractivity contribution in [2.45, 2.75) is 45.6 Å². The number of aromatic nitrogens is 1. The Morgan fingerprint density at radius 3 is 2.55 bits per heavy atom. The van der Waals surface area contributed by atoms with Gasteiger partial charge in [-0.2, -0.15) is 0 Å². The minimum atomic E-state index is -0.366. The summed E-state index contributed by atoms with van der Waals surface area (Å²) in [4.78, 5) is 20.8. The molecule has 0 bridgehead atoms. The molecule has 0 saturated carbocycles. The molecule has 2 heterocycles. The highest BCUT2D eigenvalue weighted by molar-refractivity contribution is 5.93. The van der Waals surface area contributed by atoms with Gasteiger partial charge in [-0.3, -0.25) is 14.7 Å². The van der Waals surface area contributed by atoms with Gasteiger partial charge in [0.25, 0.3) is 0 Å². The molecule has 5 nitrogen and oxygen atoms in total. The lowest BCUT2D eigenvalue weighted by Crippen LogP contribution is -2.35. The fourth-order valence-corrected chi connectivity index (χ4v) is 2.69. The number of amides is 1. The molecule has 0 aromatic carbocycles. The molecule has 0 unspecified atom stereocenters. The van der Waals surface area contributed by atoms with E-state index in [1.165, 1.54) is 0 Å². The summed E-state index contributed by atoms with van der Waals surface area (Å²) in [7, 11) is 0. The zero-order valence-electron chi connectivity index (χ0n) is 14.0. The van der Waals surface area contributed by atoms with Crippen molar-refractivity contribution in [3.05, 3.63) is 24.0 Å². The standard InChI is InChI=1S/C17H27N3O2/c1-13(21)12-19-8-7-16(22)20(10-9-19)14-5-6-15(18-11-14)17(2,3)4/h5-6,11,13,21H,7-10,12H2,1-4H3/t13-/m0/s1. The molecule has 1 aliphatic rings. The number of anilines is 1. The highest BCUT2D eigenvalue weighted by atomic mass is 16.3. The van der Waals surface area contributed by atoms with Crippen molar-refractivity contribution in [2.24, 2.45) is 0 Å². The average molecular weight is 305 g/mol. The molecule has 122 valence electrons. The second-order valence-electron chi connectivity index (χ2n) is 7.10. The van der Waals surface area contributed by atoms with Crippen LogP contribution in [-0.4, -0.2) is 53.2 Å². The fraction of sp³-hybridized carbons (Fsp3) is 0.647. The number of carbonyl (C=O) groups excluding carboxylic acids is 1. The molecule has 1 atom stereocenters. The lowest BCUT2D eigenvalue weighted by atomic mass is 9.92. The van der Waals surface area contributed by atoms with Crippen LogP contribution in [0.15, 0.2) is 18.3 Å². The van der Waals surface area contributed by atoms with Crippen LogP contribution in [0.1, 0.15) is 39.8 Å². The Hall–Kier alpha value is -1.46. The van der Waals surface area contributed by atoms with E-state index >= 15 is 0 Å². The third-order valence-corrected chi connectivity index (χ3v) is 3.93. The Morgan fingerprint density at radius 1 is 1.27 bits per heavy atom. The third-order valence-electron chi connectivity index (χ3n) is 3.93. The van der Waals surface area contributed by atoms with Crippen molar-refractivity contribution in [1.82, 2.24) is 9.88 Å². The van der Waals surface area contributed by atoms with Crippen LogP contribution in [0.5, 0.6) is 0 Å². The molecule has 1 aromatic rings. The Balaban J connectivity index is 2.09. The van der Waals surface area contributed by atoms with Crippen LogP contribution in [0, 0.1) is 0 Å². The van der Waals surface area contributed by atoms with Crippen molar-refractivity contribution in [3.8, 4) is 0 Å². The quantitative estimate of drug-likeness (QED) is 0.925. The molecule has 1 aromatic heterocycles. The van der Waals surface area contributed by atoms with Crippen LogP contribution < -0.4 is 4.90 Å². The van der Waals surface area contributed by atoms with Gasteiger partial charge in [-0.1, -0.05) is 20.8 Å². The molecule has 1 N–H and O–H groups in total. The minimum absolute atomic E-state index is 0.00932. The summed E-state index contributed by atoms with van der Waals surface area (Å²) in [6.45, 7) is 10.9. The summed E-state index contributed by atoms with van der Waals surface area (Å²) in [6, 6.07) is 3.98. The van der Waals surface area contributed by atoms with Crippen molar-refractivity contribution >= 4 is 11.6 Å². The molecule has 1 aliphatic heterocycles. The Labute approximate surface area is 132 Å². The predicted octanol–water partition coefficient (Wildman–Crippen LogP) is 1.80. The van der Waals surface area contributed by atoms with Crippen LogP contribution in [0.4, 0.5) is 5.69 Å². The molecular weight excluding hydrogens is 278 g/mol. The van der Waals surface area contributed by atoms with Gasteiger partial charge in [0.15, 0.2) is 0 Å². The number of nitrogens with zero attached hydrogens (tertiary/aromatic N) is 3. The topological polar surface area (TPSA) is 56.7 Å². The van der Waals surface area contributed by atoms with E-state index < -0.39 is 0 Å². The van der Waals surface area contributed by atoms with Gasteiger partial charge >= 0.3 is 0 Å². The van der Waals surface area contributed by atoms with Crippen molar-refractivity contribution in [2.75, 3.05) is 31.1 Å². The van der Waals surface area contributed by atoms with Gasteiger partial charge in [0, 0.05) is 43.7 Å². The highest BCUT2D eigenvalue weighted by Gasteiger charge is 2.23. The summed E-state index contributed by atoms with van der Waals surface area (Å²) >= 11 is 0. The van der Waals surface area contributed by atoms with Crippen molar-refractivity contribution < 1.29 is 9.90 Å². The molecular formula is C17H27N3O2. The van der Waals surface area contributed by atoms with Crippen LogP contribution in [-0.2, 0) is 10.2 Å². The maximum Gasteiger partial charge on any atom is 0.228 e. The van der Waals surface area contributed by atoms with Gasteiger partial charge < -0.3 is 10.0 Å². The Bertz CT molecular complexity index is 506. The second kappa shape index (κ2) is 6.75. The first-order valence-electron chi connectivity index (χ1n) is 7.94. The monoisotopic (exact) mass is 305 g/mol. The second-order valence-corrected chi connectivity index (χ2v) is 7.10. The number of rotatable bonds is 3. The lowest BCUT2D eigenvalue weighted by Gasteiger charge is -2.24. The molecule has 1 fully saturated rings. The van der Waals surface area contributed by atoms with Crippen LogP contribution in [0.3, 0.4) is 0 Å². The van der Waals surface area contributed by atoms with E-state index in [2.05, 4.69) is 30.7 Å². The molecule has 0 radical (unpaired) electrons. The summed E-state index contributed by atoms with van der Waals surface area (Å²) in [5.41, 5.74) is 1.89. The van der Waals surface area contributed by atoms with E-state index in [1.54, 1.807) is 13.1 Å². The summed E-state index contributed by atoms with van der Waals surface area (Å²) in [6.07, 6.45) is 1.91. The SMILES string of the molecule is C[C@H](O)CN1CCC(=O)N(c2ccc(C(C)(C)C)nc2)CC1. The number of pyridine rings is 1. The van der Waals surface area contributed by atoms with Crippen molar-refractivity contribution in [1.29, 1.82) is 0 Å². The number of aliphatic hydroxyl groups excluding tert-OH is 1. The molecule has 0 aliphatic carbocycles. The Kier molecular flexibility index (Phi) is 5.19. The van der Waals surface area contributed by atoms with Gasteiger partial charge in [-0.05, 0) is 19.1 Å². The normalized spacial score (nSPS) is 19.1. The minimum Gasteiger partial charge on any atom is -0.392 e. The van der Waals surface area contributed by atoms with E-state index in [0.717, 1.165) is 17.9 Å². The van der Waals surface area contributed by atoms with E-state index in [0.29, 0.717) is 26.1 Å². The van der Waals surface area contributed by atoms with E-state index in [-0.39, 0.29) is 17.4 Å². The summed E-state index contributed by atoms with van der Waals surface area (Å²) in [5.74, 6) is 0.124. The first-order valence-corrected chi connectivity index (χ1v) is 7.94. The van der Waals surface area contributed by atoms with E-state index in [9.17, 15) is 9.90 Å². The average Bonchev–Trinajstić information content (AvgIpc) is 2.60. The lowest BCUT2D eigenvalue weighted by molar-refractivity contribution is -0.118. The molecule has 1 saturated heterocycles. The largest absolute Gasteiger partial charge is 0.392 e. The van der Waals surface area contributed by atoms with Crippen molar-refractivity contribution in [3.63, 3.8) is 0 Å². The molecule has 5 heteroatoms. The molecule has 0 spiro atoms. The van der Waals surface area contributed by atoms with E-state index in [1.807, 2.05) is 17.0 Å². The zero-order valence-corrected chi connectivity index (χ0v) is 14.0. The summed E-state index contributed by atoms with van der Waals surface area (Å²) in [5, 5.41) is 9.50. The van der Waals surface area contributed by atoms with Crippen LogP contribution in [0.2, 0.25) is 0 Å². The van der Waals surface area contributed by atoms with Gasteiger partial charge in [0.05, 0.1) is 18.0 Å². The Morgan fingerprint density at radius 2 is 2.00 bits per heavy atom. The summed E-state index contributed by atoms with van der Waals surface area (Å²) < 4.78 is 0. The predicted molar refractivity (Wildman–Crippen MR) is 88.0 cm³/mol. The van der Waals surface area contributed by atoms with Gasteiger partial charge in [0.1, 0.15) is 0 Å². The maximum absolute atomic E-state index is 12.3. The maximum atomic E-state index is 12.3. The zero-order chi connectivity index (χ0) is 16.3. The fourth-order valence-electron chi connectivity index (χ4n) is 2.69. The first kappa shape index (κ1) is 16.9. The number of aliphatic hydroxyl groups is 1. The number of β-amino-alcohol motifs (C(OH)–C–C–N with tert-alkyl or cyclic N) is 1. The van der Waals surface area contributed by atoms with E-state index in [4.69, 9.17) is 0 Å². The van der Waals surface area contributed by atoms with Crippen LogP contribution in [0.25, 0.3) is 0 Å². The van der Waals surface area contributed by atoms with Gasteiger partial charge in [-0.15, -0.1) is 0 Å². The highest BCUT2D eigenvalue weighted by Crippen LogP contribution is 2.23. The van der Waals surface area contributed by atoms with Gasteiger partial charge in [0.2, 0.25) is 5.91 Å². The third kappa shape index (κ3) is 4.27. The molecule has 2 rings (SSSR count). The number of carbonyl (C=O) groups is 1. The van der Waals surface area contributed by atoms with Gasteiger partial charge in [-0.25, -0.2) is 0 Å². The first-order chi connectivity index (χ1) is 10.3. The number of hydrogen-bond donors (Lipinski definition) is 1.